The second-order valence-electron chi connectivity index (χ2n) is 21.3. The number of aromatic nitrogens is 2. The van der Waals surface area contributed by atoms with Crippen LogP contribution >= 0.6 is 0 Å². The van der Waals surface area contributed by atoms with E-state index >= 15 is 8.78 Å². The lowest BCUT2D eigenvalue weighted by molar-refractivity contribution is -0.384. The molecule has 0 radical (unpaired) electrons. The number of anilines is 2. The summed E-state index contributed by atoms with van der Waals surface area (Å²) in [5.74, 6) is 0.487. The molecule has 6 aromatic rings. The number of piperidine rings is 1. The highest BCUT2D eigenvalue weighted by Crippen LogP contribution is 2.54. The van der Waals surface area contributed by atoms with Gasteiger partial charge in [-0.05, 0) is 84.5 Å². The summed E-state index contributed by atoms with van der Waals surface area (Å²) in [5, 5.41) is 15.6. The van der Waals surface area contributed by atoms with Crippen LogP contribution in [0, 0.1) is 21.3 Å². The minimum atomic E-state index is -4.80. The molecule has 1 amide bonds. The van der Waals surface area contributed by atoms with Crippen LogP contribution in [0.15, 0.2) is 96.2 Å². The number of aromatic amines is 1. The van der Waals surface area contributed by atoms with Crippen molar-refractivity contribution < 1.29 is 50.6 Å². The third kappa shape index (κ3) is 10.6. The van der Waals surface area contributed by atoms with E-state index in [4.69, 9.17) is 23.7 Å². The molecular weight excluding hydrogens is 1010 g/mol. The summed E-state index contributed by atoms with van der Waals surface area (Å²) >= 11 is 0. The highest BCUT2D eigenvalue weighted by molar-refractivity contribution is 7.90. The van der Waals surface area contributed by atoms with Gasteiger partial charge in [-0.3, -0.25) is 24.7 Å². The molecule has 21 heteroatoms. The summed E-state index contributed by atoms with van der Waals surface area (Å²) in [6.07, 6.45) is 6.97. The molecule has 1 aliphatic carbocycles. The van der Waals surface area contributed by atoms with E-state index in [2.05, 4.69) is 69.3 Å². The van der Waals surface area contributed by atoms with Crippen LogP contribution < -0.4 is 33.9 Å². The molecule has 4 fully saturated rings. The lowest BCUT2D eigenvalue weighted by atomic mass is 9.59. The zero-order valence-electron chi connectivity index (χ0n) is 43.2. The molecule has 11 rings (SSSR count). The van der Waals surface area contributed by atoms with Crippen LogP contribution in [0.3, 0.4) is 0 Å². The van der Waals surface area contributed by atoms with Gasteiger partial charge in [0.2, 0.25) is 12.5 Å². The summed E-state index contributed by atoms with van der Waals surface area (Å²) in [7, 11) is -3.17. The Hall–Kier alpha value is -7.07. The van der Waals surface area contributed by atoms with E-state index in [1.807, 2.05) is 15.7 Å². The number of pyridine rings is 1. The summed E-state index contributed by atoms with van der Waals surface area (Å²) < 4.78 is 90.3. The van der Waals surface area contributed by atoms with Gasteiger partial charge in [-0.15, -0.1) is 0 Å². The number of nitrogens with one attached hydrogen (secondary N) is 3. The van der Waals surface area contributed by atoms with Gasteiger partial charge < -0.3 is 38.9 Å². The van der Waals surface area contributed by atoms with E-state index < -0.39 is 48.5 Å². The fourth-order valence-corrected chi connectivity index (χ4v) is 12.9. The van der Waals surface area contributed by atoms with Gasteiger partial charge >= 0.3 is 0 Å². The quantitative estimate of drug-likeness (QED) is 0.0610. The number of nitro groups is 1. The Morgan fingerprint density at radius 1 is 0.961 bits per heavy atom. The number of H-pyrrole nitrogens is 1. The van der Waals surface area contributed by atoms with Crippen LogP contribution in [-0.4, -0.2) is 117 Å². The number of halogens is 2. The maximum absolute atomic E-state index is 16.6. The van der Waals surface area contributed by atoms with Crippen LogP contribution in [0.2, 0.25) is 0 Å². The van der Waals surface area contributed by atoms with Crippen LogP contribution in [-0.2, 0) is 21.3 Å². The zero-order valence-corrected chi connectivity index (χ0v) is 44.0. The van der Waals surface area contributed by atoms with Gasteiger partial charge in [0.15, 0.2) is 11.5 Å². The third-order valence-corrected chi connectivity index (χ3v) is 17.5. The van der Waals surface area contributed by atoms with Crippen molar-refractivity contribution in [3.05, 3.63) is 129 Å². The lowest BCUT2D eigenvalue weighted by Gasteiger charge is -2.58. The van der Waals surface area contributed by atoms with E-state index in [9.17, 15) is 23.3 Å². The van der Waals surface area contributed by atoms with E-state index in [1.165, 1.54) is 23.4 Å². The number of rotatable bonds is 16. The van der Waals surface area contributed by atoms with Gasteiger partial charge in [0, 0.05) is 113 Å². The van der Waals surface area contributed by atoms with Crippen LogP contribution in [0.5, 0.6) is 28.7 Å². The van der Waals surface area contributed by atoms with Crippen molar-refractivity contribution in [2.24, 2.45) is 5.41 Å². The Morgan fingerprint density at radius 2 is 1.74 bits per heavy atom. The van der Waals surface area contributed by atoms with Crippen LogP contribution in [0.25, 0.3) is 11.0 Å². The highest BCUT2D eigenvalue weighted by Gasteiger charge is 2.50. The molecule has 1 spiro atoms. The first-order valence-corrected chi connectivity index (χ1v) is 27.6. The van der Waals surface area contributed by atoms with E-state index in [0.717, 1.165) is 80.9 Å². The summed E-state index contributed by atoms with van der Waals surface area (Å²) in [6.45, 7) is 9.20. The van der Waals surface area contributed by atoms with Gasteiger partial charge in [0.1, 0.15) is 34.3 Å². The van der Waals surface area contributed by atoms with Crippen molar-refractivity contribution in [1.82, 2.24) is 24.5 Å². The predicted molar refractivity (Wildman–Crippen MR) is 284 cm³/mol. The number of hydrogen-bond donors (Lipinski definition) is 3. The molecule has 77 heavy (non-hydrogen) atoms. The minimum Gasteiger partial charge on any atom is -0.493 e. The Morgan fingerprint density at radius 3 is 2.51 bits per heavy atom. The molecule has 4 aromatic carbocycles. The maximum atomic E-state index is 16.6. The molecule has 3 saturated heterocycles. The number of nitro benzene ring substituents is 1. The Kier molecular flexibility index (Phi) is 14.2. The zero-order chi connectivity index (χ0) is 53.6. The molecule has 18 nitrogen and oxygen atoms in total. The number of piperazine rings is 1. The summed E-state index contributed by atoms with van der Waals surface area (Å²) in [4.78, 5) is 39.4. The predicted octanol–water partition coefficient (Wildman–Crippen LogP) is 9.62. The standard InChI is InChI=1S/C56H62F2N8O10S/c1-35(2)41-6-4-5-7-42(41)48-32-63(31-37-8-11-49(72-3)52-51(37)74-34-75-52)20-21-65(48)38-28-55(29-38)13-18-64(19-14-55)46-27-50(76-39-24-36-12-17-59-53(36)60-30-39)43(26-44(46)57)54(67)62-77(70,71)40-9-10-45(47(25-40)66(68)69)61-33-56(58)15-22-73-23-16-56/h4-12,17,24-27,30,35,38,48,61H,13-16,18-23,28-29,31-34H2,1-3H3,(H,59,60)(H,62,67)/t48-/m0/s1. The topological polar surface area (TPSA) is 203 Å². The molecule has 0 unspecified atom stereocenters. The van der Waals surface area contributed by atoms with Gasteiger partial charge in [-0.2, -0.15) is 0 Å². The lowest BCUT2D eigenvalue weighted by Crippen LogP contribution is -2.60. The third-order valence-electron chi connectivity index (χ3n) is 16.2. The molecule has 406 valence electrons. The molecule has 6 heterocycles. The molecule has 4 aliphatic heterocycles. The number of ether oxygens (including phenoxy) is 5. The minimum absolute atomic E-state index is 0.0621. The van der Waals surface area contributed by atoms with Crippen molar-refractivity contribution in [3.8, 4) is 28.7 Å². The average molecular weight is 1080 g/mol. The van der Waals surface area contributed by atoms with Gasteiger partial charge in [0.05, 0.1) is 34.4 Å². The highest BCUT2D eigenvalue weighted by atomic mass is 32.2. The van der Waals surface area contributed by atoms with Crippen molar-refractivity contribution >= 4 is 44.0 Å². The molecule has 5 aliphatic rings. The summed E-state index contributed by atoms with van der Waals surface area (Å²) in [6, 6.07) is 22.2. The van der Waals surface area contributed by atoms with Crippen molar-refractivity contribution in [3.63, 3.8) is 0 Å². The number of sulfonamides is 1. The van der Waals surface area contributed by atoms with Crippen molar-refractivity contribution in [2.75, 3.05) is 76.6 Å². The molecule has 1 saturated carbocycles. The summed E-state index contributed by atoms with van der Waals surface area (Å²) in [5.41, 5.74) is 1.74. The van der Waals surface area contributed by atoms with Gasteiger partial charge in [-0.1, -0.05) is 44.2 Å². The number of methoxy groups -OCH3 is 1. The number of alkyl halides is 1. The first-order valence-electron chi connectivity index (χ1n) is 26.2. The smallest absolute Gasteiger partial charge is 0.293 e. The fraction of sp³-hybridized carbons (Fsp3) is 0.429. The number of carbonyl (C=O) groups excluding carboxylic acids is 1. The Labute approximate surface area is 445 Å². The monoisotopic (exact) mass is 1080 g/mol. The molecule has 3 N–H and O–H groups in total. The van der Waals surface area contributed by atoms with Crippen LogP contribution in [0.4, 0.5) is 25.8 Å². The van der Waals surface area contributed by atoms with E-state index in [0.29, 0.717) is 54.1 Å². The molecular formula is C56H62F2N8O10S. The van der Waals surface area contributed by atoms with E-state index in [-0.39, 0.29) is 73.7 Å². The van der Waals surface area contributed by atoms with Crippen molar-refractivity contribution in [2.45, 2.75) is 87.5 Å². The molecule has 1 atom stereocenters. The fourth-order valence-electron chi connectivity index (χ4n) is 11.9. The van der Waals surface area contributed by atoms with Gasteiger partial charge in [0.25, 0.3) is 21.6 Å². The van der Waals surface area contributed by atoms with Crippen molar-refractivity contribution in [1.29, 1.82) is 0 Å². The molecule has 0 bridgehead atoms. The van der Waals surface area contributed by atoms with E-state index in [1.54, 1.807) is 25.4 Å². The average Bonchev–Trinajstić information content (AvgIpc) is 4.13. The first-order chi connectivity index (χ1) is 37.1. The SMILES string of the molecule is COc1ccc(CN2CCN(C3CC4(CCN(c5cc(Oc6cnc7[nH]ccc7c6)c(C(=O)NS(=O)(=O)c6ccc(NCC7(F)CCOCC7)c([N+](=O)[O-])c6)cc5F)CC4)C3)[C@H](c3ccccc3C(C)C)C2)c2c1OCO2. The second kappa shape index (κ2) is 21.0. The normalized spacial score (nSPS) is 19.6. The molecule has 2 aromatic heterocycles. The number of nitrogens with zero attached hydrogens (tertiary/aromatic N) is 5. The number of carbonyl (C=O) groups is 1. The number of amides is 1. The number of fused-ring (bicyclic) bond motifs is 2. The first kappa shape index (κ1) is 52.0. The Bertz CT molecular complexity index is 3320. The second-order valence-corrected chi connectivity index (χ2v) is 23.0. The number of benzene rings is 4. The number of hydrogen-bond acceptors (Lipinski definition) is 15. The largest absolute Gasteiger partial charge is 0.493 e. The Balaban J connectivity index is 0.800. The van der Waals surface area contributed by atoms with Crippen LogP contribution in [0.1, 0.15) is 91.4 Å². The van der Waals surface area contributed by atoms with Gasteiger partial charge in [-0.25, -0.2) is 26.9 Å². The maximum Gasteiger partial charge on any atom is 0.293 e.